The third-order valence-electron chi connectivity index (χ3n) is 5.76. The van der Waals surface area contributed by atoms with E-state index in [-0.39, 0.29) is 6.10 Å². The standard InChI is InChI=1S/C14H26NO/c1-15(9-3-2-4-10-15)13-8-6-11-5-7-12(13)14(11)16/h11-14,16H,2-10H2,1H3/q+1. The van der Waals surface area contributed by atoms with Crippen LogP contribution in [0.5, 0.6) is 0 Å². The van der Waals surface area contributed by atoms with Gasteiger partial charge in [0.1, 0.15) is 0 Å². The van der Waals surface area contributed by atoms with E-state index in [9.17, 15) is 5.11 Å². The van der Waals surface area contributed by atoms with Crippen molar-refractivity contribution in [2.24, 2.45) is 11.8 Å². The number of rotatable bonds is 1. The van der Waals surface area contributed by atoms with Crippen molar-refractivity contribution in [1.29, 1.82) is 0 Å². The van der Waals surface area contributed by atoms with Crippen molar-refractivity contribution >= 4 is 0 Å². The average molecular weight is 224 g/mol. The van der Waals surface area contributed by atoms with E-state index in [0.717, 1.165) is 6.04 Å². The summed E-state index contributed by atoms with van der Waals surface area (Å²) in [6, 6.07) is 0.772. The number of aliphatic hydroxyl groups excluding tert-OH is 1. The maximum Gasteiger partial charge on any atom is 0.0941 e. The molecule has 0 spiro atoms. The fourth-order valence-corrected chi connectivity index (χ4v) is 4.77. The Bertz CT molecular complexity index is 259. The van der Waals surface area contributed by atoms with Crippen LogP contribution in [-0.4, -0.2) is 41.9 Å². The molecule has 92 valence electrons. The first-order valence-corrected chi connectivity index (χ1v) is 7.23. The second-order valence-corrected chi connectivity index (χ2v) is 6.62. The number of hydrogen-bond acceptors (Lipinski definition) is 1. The molecule has 2 heteroatoms. The molecule has 1 aliphatic heterocycles. The summed E-state index contributed by atoms with van der Waals surface area (Å²) in [5.74, 6) is 1.28. The Hall–Kier alpha value is -0.0800. The minimum absolute atomic E-state index is 0.0376. The van der Waals surface area contributed by atoms with Gasteiger partial charge in [0.25, 0.3) is 0 Å². The molecule has 1 N–H and O–H groups in total. The quantitative estimate of drug-likeness (QED) is 0.677. The van der Waals surface area contributed by atoms with E-state index in [4.69, 9.17) is 0 Å². The second-order valence-electron chi connectivity index (χ2n) is 6.62. The minimum atomic E-state index is 0.0376. The molecule has 0 aromatic heterocycles. The molecule has 3 fully saturated rings. The number of quaternary nitrogens is 1. The van der Waals surface area contributed by atoms with Crippen molar-refractivity contribution in [2.45, 2.75) is 57.1 Å². The van der Waals surface area contributed by atoms with Gasteiger partial charge in [-0.25, -0.2) is 0 Å². The van der Waals surface area contributed by atoms with E-state index < -0.39 is 0 Å². The smallest absolute Gasteiger partial charge is 0.0941 e. The number of hydrogen-bond donors (Lipinski definition) is 1. The number of fused-ring (bicyclic) bond motifs is 2. The molecule has 2 aliphatic carbocycles. The Morgan fingerprint density at radius 3 is 2.38 bits per heavy atom. The van der Waals surface area contributed by atoms with Gasteiger partial charge in [-0.05, 0) is 44.4 Å². The summed E-state index contributed by atoms with van der Waals surface area (Å²) in [7, 11) is 2.45. The van der Waals surface area contributed by atoms with Crippen LogP contribution in [0.2, 0.25) is 0 Å². The van der Waals surface area contributed by atoms with Gasteiger partial charge in [-0.2, -0.15) is 0 Å². The van der Waals surface area contributed by atoms with E-state index in [1.807, 2.05) is 0 Å². The maximum absolute atomic E-state index is 10.3. The van der Waals surface area contributed by atoms with E-state index in [2.05, 4.69) is 7.05 Å². The molecule has 4 unspecified atom stereocenters. The predicted octanol–water partition coefficient (Wildman–Crippen LogP) is 2.17. The normalized spacial score (nSPS) is 46.9. The largest absolute Gasteiger partial charge is 0.392 e. The molecule has 0 aromatic carbocycles. The molecule has 3 rings (SSSR count). The molecule has 1 saturated heterocycles. The molecule has 2 bridgehead atoms. The van der Waals surface area contributed by atoms with Gasteiger partial charge in [-0.15, -0.1) is 0 Å². The summed E-state index contributed by atoms with van der Waals surface area (Å²) in [4.78, 5) is 0. The van der Waals surface area contributed by atoms with Crippen LogP contribution in [-0.2, 0) is 0 Å². The van der Waals surface area contributed by atoms with Crippen LogP contribution in [0.15, 0.2) is 0 Å². The zero-order chi connectivity index (χ0) is 11.2. The first kappa shape index (κ1) is 11.0. The number of piperidine rings is 1. The highest BCUT2D eigenvalue weighted by atomic mass is 16.3. The molecule has 0 aromatic rings. The number of likely N-dealkylation sites (tertiary alicyclic amines) is 1. The van der Waals surface area contributed by atoms with Crippen molar-refractivity contribution in [3.8, 4) is 0 Å². The fraction of sp³-hybridized carbons (Fsp3) is 1.00. The van der Waals surface area contributed by atoms with Gasteiger partial charge in [0.05, 0.1) is 32.3 Å². The van der Waals surface area contributed by atoms with Gasteiger partial charge >= 0.3 is 0 Å². The summed E-state index contributed by atoms with van der Waals surface area (Å²) in [6.45, 7) is 2.72. The molecular weight excluding hydrogens is 198 g/mol. The van der Waals surface area contributed by atoms with Crippen LogP contribution in [0.3, 0.4) is 0 Å². The third kappa shape index (κ3) is 1.62. The lowest BCUT2D eigenvalue weighted by molar-refractivity contribution is -0.942. The lowest BCUT2D eigenvalue weighted by atomic mass is 9.80. The third-order valence-corrected chi connectivity index (χ3v) is 5.76. The summed E-state index contributed by atoms with van der Waals surface area (Å²) in [6.07, 6.45) is 9.52. The van der Waals surface area contributed by atoms with Crippen LogP contribution >= 0.6 is 0 Å². The van der Waals surface area contributed by atoms with E-state index in [1.54, 1.807) is 0 Å². The van der Waals surface area contributed by atoms with Crippen LogP contribution in [0, 0.1) is 11.8 Å². The molecule has 3 aliphatic rings. The molecule has 0 radical (unpaired) electrons. The van der Waals surface area contributed by atoms with Gasteiger partial charge < -0.3 is 9.59 Å². The summed E-state index contributed by atoms with van der Waals surface area (Å²) in [5, 5.41) is 10.3. The first-order valence-electron chi connectivity index (χ1n) is 7.23. The molecule has 2 nitrogen and oxygen atoms in total. The number of nitrogens with zero attached hydrogens (tertiary/aromatic N) is 1. The highest BCUT2D eigenvalue weighted by molar-refractivity contribution is 4.94. The monoisotopic (exact) mass is 224 g/mol. The molecular formula is C14H26NO+. The molecule has 1 heterocycles. The average Bonchev–Trinajstić information content (AvgIpc) is 2.53. The first-order chi connectivity index (χ1) is 7.71. The van der Waals surface area contributed by atoms with Crippen LogP contribution in [0.25, 0.3) is 0 Å². The van der Waals surface area contributed by atoms with E-state index in [1.165, 1.54) is 62.5 Å². The van der Waals surface area contributed by atoms with Gasteiger partial charge in [0.2, 0.25) is 0 Å². The van der Waals surface area contributed by atoms with Crippen LogP contribution < -0.4 is 0 Å². The van der Waals surface area contributed by atoms with Crippen molar-refractivity contribution in [3.05, 3.63) is 0 Å². The maximum atomic E-state index is 10.3. The van der Waals surface area contributed by atoms with Gasteiger partial charge in [0.15, 0.2) is 0 Å². The lowest BCUT2D eigenvalue weighted by Crippen LogP contribution is -2.60. The Morgan fingerprint density at radius 1 is 0.938 bits per heavy atom. The van der Waals surface area contributed by atoms with Crippen molar-refractivity contribution in [2.75, 3.05) is 20.1 Å². The van der Waals surface area contributed by atoms with Gasteiger partial charge in [-0.3, -0.25) is 0 Å². The fourth-order valence-electron chi connectivity index (χ4n) is 4.77. The Kier molecular flexibility index (Phi) is 2.75. The van der Waals surface area contributed by atoms with Crippen LogP contribution in [0.4, 0.5) is 0 Å². The predicted molar refractivity (Wildman–Crippen MR) is 65.0 cm³/mol. The summed E-state index contributed by atoms with van der Waals surface area (Å²) < 4.78 is 1.27. The summed E-state index contributed by atoms with van der Waals surface area (Å²) >= 11 is 0. The molecule has 4 atom stereocenters. The van der Waals surface area contributed by atoms with Crippen molar-refractivity contribution in [3.63, 3.8) is 0 Å². The number of aliphatic hydroxyl groups is 1. The highest BCUT2D eigenvalue weighted by Crippen LogP contribution is 2.46. The second kappa shape index (κ2) is 3.99. The Balaban J connectivity index is 1.78. The van der Waals surface area contributed by atoms with Gasteiger partial charge in [-0.1, -0.05) is 0 Å². The SMILES string of the molecule is C[N+]1(C2CCC3CCC2C3O)CCCCC1. The Labute approximate surface area is 99.2 Å². The van der Waals surface area contributed by atoms with E-state index in [0.29, 0.717) is 11.8 Å². The zero-order valence-corrected chi connectivity index (χ0v) is 10.6. The molecule has 0 amide bonds. The zero-order valence-electron chi connectivity index (χ0n) is 10.6. The lowest BCUT2D eigenvalue weighted by Gasteiger charge is -2.49. The topological polar surface area (TPSA) is 20.2 Å². The molecule has 2 saturated carbocycles. The molecule has 16 heavy (non-hydrogen) atoms. The Morgan fingerprint density at radius 2 is 1.62 bits per heavy atom. The van der Waals surface area contributed by atoms with Crippen molar-refractivity contribution in [1.82, 2.24) is 0 Å². The van der Waals surface area contributed by atoms with Crippen molar-refractivity contribution < 1.29 is 9.59 Å². The minimum Gasteiger partial charge on any atom is -0.392 e. The van der Waals surface area contributed by atoms with Gasteiger partial charge in [0, 0.05) is 12.3 Å². The summed E-state index contributed by atoms with van der Waals surface area (Å²) in [5.41, 5.74) is 0. The van der Waals surface area contributed by atoms with Crippen LogP contribution in [0.1, 0.15) is 44.9 Å². The highest BCUT2D eigenvalue weighted by Gasteiger charge is 2.50. The van der Waals surface area contributed by atoms with E-state index >= 15 is 0 Å².